The molecule has 1 aliphatic heterocycles. The van der Waals surface area contributed by atoms with Gasteiger partial charge in [-0.3, -0.25) is 10.2 Å². The van der Waals surface area contributed by atoms with E-state index in [4.69, 9.17) is 9.84 Å². The highest BCUT2D eigenvalue weighted by Gasteiger charge is 2.31. The SMILES string of the molecule is COc1ccc(N2N=C(C)C(=NNc3cccc(-c4cccc(OC(=O)O)c4)c3O)C2=O)cc1. The van der Waals surface area contributed by atoms with Crippen LogP contribution in [0.1, 0.15) is 6.92 Å². The number of hydrogen-bond acceptors (Lipinski definition) is 8. The molecule has 1 heterocycles. The Morgan fingerprint density at radius 2 is 1.79 bits per heavy atom. The maximum absolute atomic E-state index is 12.9. The van der Waals surface area contributed by atoms with E-state index < -0.39 is 12.1 Å². The molecule has 0 bridgehead atoms. The summed E-state index contributed by atoms with van der Waals surface area (Å²) >= 11 is 0. The molecule has 3 aromatic rings. The van der Waals surface area contributed by atoms with Crippen molar-refractivity contribution in [3.8, 4) is 28.4 Å². The van der Waals surface area contributed by atoms with Crippen molar-refractivity contribution in [2.24, 2.45) is 10.2 Å². The molecule has 1 aliphatic rings. The molecule has 3 aromatic carbocycles. The van der Waals surface area contributed by atoms with E-state index in [0.29, 0.717) is 28.3 Å². The number of hydrogen-bond donors (Lipinski definition) is 3. The number of para-hydroxylation sites is 1. The first-order chi connectivity index (χ1) is 16.4. The largest absolute Gasteiger partial charge is 0.511 e. The van der Waals surface area contributed by atoms with E-state index in [-0.39, 0.29) is 22.9 Å². The van der Waals surface area contributed by atoms with E-state index in [1.54, 1.807) is 68.6 Å². The predicted molar refractivity (Wildman–Crippen MR) is 127 cm³/mol. The smallest absolute Gasteiger partial charge is 0.505 e. The number of phenols is 1. The number of rotatable bonds is 6. The number of nitrogens with zero attached hydrogens (tertiary/aromatic N) is 3. The van der Waals surface area contributed by atoms with Crippen molar-refractivity contribution in [3.05, 3.63) is 66.7 Å². The van der Waals surface area contributed by atoms with Crippen molar-refractivity contribution in [1.82, 2.24) is 0 Å². The van der Waals surface area contributed by atoms with Crippen LogP contribution in [-0.4, -0.2) is 40.8 Å². The van der Waals surface area contributed by atoms with Crippen molar-refractivity contribution in [2.75, 3.05) is 17.5 Å². The fraction of sp³-hybridized carbons (Fsp3) is 0.0833. The maximum Gasteiger partial charge on any atom is 0.511 e. The second-order valence-corrected chi connectivity index (χ2v) is 7.17. The predicted octanol–water partition coefficient (Wildman–Crippen LogP) is 4.32. The zero-order valence-electron chi connectivity index (χ0n) is 18.2. The average molecular weight is 460 g/mol. The van der Waals surface area contributed by atoms with Crippen LogP contribution in [-0.2, 0) is 4.79 Å². The van der Waals surface area contributed by atoms with Gasteiger partial charge in [0.1, 0.15) is 17.2 Å². The number of anilines is 2. The van der Waals surface area contributed by atoms with Crippen molar-refractivity contribution in [1.29, 1.82) is 0 Å². The quantitative estimate of drug-likeness (QED) is 0.216. The Morgan fingerprint density at radius 3 is 2.50 bits per heavy atom. The molecule has 0 aliphatic carbocycles. The Morgan fingerprint density at radius 1 is 1.06 bits per heavy atom. The van der Waals surface area contributed by atoms with Gasteiger partial charge in [-0.05, 0) is 55.0 Å². The summed E-state index contributed by atoms with van der Waals surface area (Å²) in [6, 6.07) is 18.1. The van der Waals surface area contributed by atoms with E-state index in [0.717, 1.165) is 0 Å². The molecular weight excluding hydrogens is 440 g/mol. The van der Waals surface area contributed by atoms with Gasteiger partial charge in [-0.2, -0.15) is 15.2 Å². The molecule has 3 N–H and O–H groups in total. The molecular formula is C24H20N4O6. The highest BCUT2D eigenvalue weighted by atomic mass is 16.7. The van der Waals surface area contributed by atoms with Crippen LogP contribution in [0.15, 0.2) is 76.9 Å². The number of amides is 1. The van der Waals surface area contributed by atoms with E-state index in [1.807, 2.05) is 0 Å². The molecule has 34 heavy (non-hydrogen) atoms. The number of nitrogens with one attached hydrogen (secondary N) is 1. The normalized spacial score (nSPS) is 14.2. The number of carbonyl (C=O) groups is 2. The van der Waals surface area contributed by atoms with Crippen molar-refractivity contribution >= 4 is 34.9 Å². The highest BCUT2D eigenvalue weighted by molar-refractivity contribution is 6.71. The molecule has 0 fully saturated rings. The van der Waals surface area contributed by atoms with Gasteiger partial charge < -0.3 is 19.7 Å². The first-order valence-electron chi connectivity index (χ1n) is 10.1. The van der Waals surface area contributed by atoms with Crippen LogP contribution in [0.5, 0.6) is 17.2 Å². The Balaban J connectivity index is 1.57. The molecule has 1 amide bonds. The number of methoxy groups -OCH3 is 1. The van der Waals surface area contributed by atoms with Gasteiger partial charge in [0.05, 0.1) is 24.2 Å². The minimum atomic E-state index is -1.44. The number of phenolic OH excluding ortho intramolecular Hbond substituents is 1. The Hall–Kier alpha value is -4.86. The van der Waals surface area contributed by atoms with Crippen LogP contribution in [0, 0.1) is 0 Å². The topological polar surface area (TPSA) is 133 Å². The number of carbonyl (C=O) groups excluding carboxylic acids is 1. The minimum absolute atomic E-state index is 0.0949. The lowest BCUT2D eigenvalue weighted by Gasteiger charge is -2.12. The third-order valence-corrected chi connectivity index (χ3v) is 4.98. The molecule has 4 rings (SSSR count). The summed E-state index contributed by atoms with van der Waals surface area (Å²) in [5.41, 5.74) is 4.99. The summed E-state index contributed by atoms with van der Waals surface area (Å²) in [5, 5.41) is 29.3. The Labute approximate surface area is 194 Å². The van der Waals surface area contributed by atoms with Crippen molar-refractivity contribution < 1.29 is 29.3 Å². The molecule has 0 saturated heterocycles. The van der Waals surface area contributed by atoms with Gasteiger partial charge in [0.15, 0.2) is 5.71 Å². The molecule has 0 atom stereocenters. The van der Waals surface area contributed by atoms with Gasteiger partial charge in [-0.25, -0.2) is 4.79 Å². The van der Waals surface area contributed by atoms with E-state index in [9.17, 15) is 14.7 Å². The number of aromatic hydroxyl groups is 1. The molecule has 0 saturated carbocycles. The van der Waals surface area contributed by atoms with E-state index >= 15 is 0 Å². The lowest BCUT2D eigenvalue weighted by molar-refractivity contribution is -0.112. The van der Waals surface area contributed by atoms with Crippen molar-refractivity contribution in [3.63, 3.8) is 0 Å². The first-order valence-corrected chi connectivity index (χ1v) is 10.1. The molecule has 0 radical (unpaired) electrons. The van der Waals surface area contributed by atoms with Gasteiger partial charge in [-0.15, -0.1) is 0 Å². The van der Waals surface area contributed by atoms with Crippen molar-refractivity contribution in [2.45, 2.75) is 6.92 Å². The number of carboxylic acid groups (broad SMARTS) is 1. The first kappa shape index (κ1) is 22.3. The fourth-order valence-corrected chi connectivity index (χ4v) is 3.34. The summed E-state index contributed by atoms with van der Waals surface area (Å²) in [4.78, 5) is 23.7. The number of benzene rings is 3. The molecule has 0 aromatic heterocycles. The zero-order chi connectivity index (χ0) is 24.2. The third-order valence-electron chi connectivity index (χ3n) is 4.98. The standard InChI is InChI=1S/C24H20N4O6/c1-14-21(23(30)28(27-14)16-9-11-17(33-2)12-10-16)26-25-20-8-4-7-19(22(20)29)15-5-3-6-18(13-15)34-24(31)32/h3-13,25,29H,1-2H3,(H,31,32). The van der Waals surface area contributed by atoms with Crippen LogP contribution >= 0.6 is 0 Å². The lowest BCUT2D eigenvalue weighted by Crippen LogP contribution is -2.27. The second-order valence-electron chi connectivity index (χ2n) is 7.17. The summed E-state index contributed by atoms with van der Waals surface area (Å²) in [7, 11) is 1.56. The Kier molecular flexibility index (Phi) is 6.13. The monoisotopic (exact) mass is 460 g/mol. The van der Waals surface area contributed by atoms with Crippen LogP contribution in [0.4, 0.5) is 16.2 Å². The summed E-state index contributed by atoms with van der Waals surface area (Å²) < 4.78 is 9.81. The van der Waals surface area contributed by atoms with Gasteiger partial charge in [0, 0.05) is 5.56 Å². The zero-order valence-corrected chi connectivity index (χ0v) is 18.2. The van der Waals surface area contributed by atoms with Gasteiger partial charge >= 0.3 is 12.1 Å². The number of hydrazone groups is 2. The van der Waals surface area contributed by atoms with E-state index in [2.05, 4.69) is 20.4 Å². The minimum Gasteiger partial charge on any atom is -0.505 e. The van der Waals surface area contributed by atoms with Crippen LogP contribution in [0.2, 0.25) is 0 Å². The molecule has 172 valence electrons. The summed E-state index contributed by atoms with van der Waals surface area (Å²) in [6.45, 7) is 1.66. The summed E-state index contributed by atoms with van der Waals surface area (Å²) in [6.07, 6.45) is -1.44. The van der Waals surface area contributed by atoms with Crippen LogP contribution < -0.4 is 19.9 Å². The fourth-order valence-electron chi connectivity index (χ4n) is 3.34. The lowest BCUT2D eigenvalue weighted by atomic mass is 10.0. The van der Waals surface area contributed by atoms with Crippen LogP contribution in [0.25, 0.3) is 11.1 Å². The average Bonchev–Trinajstić information content (AvgIpc) is 3.11. The molecule has 10 nitrogen and oxygen atoms in total. The van der Waals surface area contributed by atoms with E-state index in [1.165, 1.54) is 17.1 Å². The van der Waals surface area contributed by atoms with Gasteiger partial charge in [0.25, 0.3) is 0 Å². The van der Waals surface area contributed by atoms with Gasteiger partial charge in [0.2, 0.25) is 0 Å². The molecule has 10 heteroatoms. The molecule has 0 spiro atoms. The van der Waals surface area contributed by atoms with Crippen LogP contribution in [0.3, 0.4) is 0 Å². The highest BCUT2D eigenvalue weighted by Crippen LogP contribution is 2.36. The summed E-state index contributed by atoms with van der Waals surface area (Å²) in [5.74, 6) is 0.211. The number of ether oxygens (including phenoxy) is 2. The second kappa shape index (κ2) is 9.33. The Bertz CT molecular complexity index is 1320. The van der Waals surface area contributed by atoms with Gasteiger partial charge in [-0.1, -0.05) is 24.3 Å². The maximum atomic E-state index is 12.9. The third kappa shape index (κ3) is 4.51. The molecule has 0 unspecified atom stereocenters.